The van der Waals surface area contributed by atoms with Gasteiger partial charge in [0.2, 0.25) is 0 Å². The standard InChI is InChI=1S/C15H24N2O3/c1-19-14-9-12(17-6-4-3-5-7-17)15(20-2)8-11(14)13(18)10-16/h8-9,13,18H,3-7,10,16H2,1-2H3. The molecule has 20 heavy (non-hydrogen) atoms. The smallest absolute Gasteiger partial charge is 0.142 e. The van der Waals surface area contributed by atoms with Gasteiger partial charge in [-0.15, -0.1) is 0 Å². The van der Waals surface area contributed by atoms with Crippen molar-refractivity contribution in [2.24, 2.45) is 5.73 Å². The fourth-order valence-corrected chi connectivity index (χ4v) is 2.67. The van der Waals surface area contributed by atoms with Gasteiger partial charge in [0.05, 0.1) is 26.0 Å². The Morgan fingerprint density at radius 3 is 2.35 bits per heavy atom. The number of piperidine rings is 1. The number of aliphatic hydroxyl groups excluding tert-OH is 1. The maximum absolute atomic E-state index is 9.99. The van der Waals surface area contributed by atoms with E-state index in [-0.39, 0.29) is 6.54 Å². The van der Waals surface area contributed by atoms with Crippen LogP contribution >= 0.6 is 0 Å². The van der Waals surface area contributed by atoms with Gasteiger partial charge in [0, 0.05) is 31.3 Å². The molecule has 2 rings (SSSR count). The Morgan fingerprint density at radius 1 is 1.15 bits per heavy atom. The Kier molecular flexibility index (Phi) is 5.09. The molecule has 0 radical (unpaired) electrons. The number of benzene rings is 1. The van der Waals surface area contributed by atoms with Crippen molar-refractivity contribution in [3.05, 3.63) is 17.7 Å². The van der Waals surface area contributed by atoms with E-state index in [1.807, 2.05) is 12.1 Å². The lowest BCUT2D eigenvalue weighted by Crippen LogP contribution is -2.29. The number of hydrogen-bond donors (Lipinski definition) is 2. The lowest BCUT2D eigenvalue weighted by molar-refractivity contribution is 0.181. The molecule has 1 aromatic rings. The van der Waals surface area contributed by atoms with Crippen molar-refractivity contribution in [2.75, 3.05) is 38.8 Å². The third-order valence-corrected chi connectivity index (χ3v) is 3.81. The first-order chi connectivity index (χ1) is 9.71. The maximum Gasteiger partial charge on any atom is 0.142 e. The van der Waals surface area contributed by atoms with Crippen molar-refractivity contribution in [1.29, 1.82) is 0 Å². The molecule has 0 bridgehead atoms. The Bertz CT molecular complexity index is 445. The van der Waals surface area contributed by atoms with Crippen LogP contribution in [0.1, 0.15) is 30.9 Å². The predicted octanol–water partition coefficient (Wildman–Crippen LogP) is 1.69. The number of ether oxygens (including phenoxy) is 2. The van der Waals surface area contributed by atoms with Crippen LogP contribution in [-0.4, -0.2) is 39.0 Å². The van der Waals surface area contributed by atoms with Crippen LogP contribution in [0, 0.1) is 0 Å². The second-order valence-electron chi connectivity index (χ2n) is 5.07. The SMILES string of the molecule is COc1cc(N2CCCCC2)c(OC)cc1C(O)CN. The summed E-state index contributed by atoms with van der Waals surface area (Å²) in [5.74, 6) is 1.42. The molecule has 0 saturated carbocycles. The van der Waals surface area contributed by atoms with E-state index < -0.39 is 6.10 Å². The molecule has 112 valence electrons. The molecular weight excluding hydrogens is 256 g/mol. The first-order valence-corrected chi connectivity index (χ1v) is 7.10. The van der Waals surface area contributed by atoms with E-state index in [2.05, 4.69) is 4.90 Å². The second-order valence-corrected chi connectivity index (χ2v) is 5.07. The number of methoxy groups -OCH3 is 2. The summed E-state index contributed by atoms with van der Waals surface area (Å²) in [4.78, 5) is 2.31. The van der Waals surface area contributed by atoms with Gasteiger partial charge in [-0.25, -0.2) is 0 Å². The topological polar surface area (TPSA) is 68.0 Å². The fraction of sp³-hybridized carbons (Fsp3) is 0.600. The van der Waals surface area contributed by atoms with E-state index in [9.17, 15) is 5.11 Å². The summed E-state index contributed by atoms with van der Waals surface area (Å²) in [6.07, 6.45) is 2.92. The molecule has 0 spiro atoms. The number of nitrogens with zero attached hydrogens (tertiary/aromatic N) is 1. The molecule has 0 aromatic heterocycles. The van der Waals surface area contributed by atoms with Gasteiger partial charge in [0.15, 0.2) is 0 Å². The van der Waals surface area contributed by atoms with Crippen LogP contribution in [0.5, 0.6) is 11.5 Å². The molecule has 1 saturated heterocycles. The van der Waals surface area contributed by atoms with Gasteiger partial charge in [0.25, 0.3) is 0 Å². The van der Waals surface area contributed by atoms with E-state index in [0.717, 1.165) is 24.5 Å². The molecule has 1 aromatic carbocycles. The van der Waals surface area contributed by atoms with Crippen LogP contribution in [0.4, 0.5) is 5.69 Å². The molecule has 1 aliphatic rings. The molecule has 1 atom stereocenters. The van der Waals surface area contributed by atoms with E-state index in [0.29, 0.717) is 11.3 Å². The van der Waals surface area contributed by atoms with Gasteiger partial charge in [0.1, 0.15) is 11.5 Å². The third-order valence-electron chi connectivity index (χ3n) is 3.81. The monoisotopic (exact) mass is 280 g/mol. The highest BCUT2D eigenvalue weighted by atomic mass is 16.5. The molecule has 0 aliphatic carbocycles. The Morgan fingerprint density at radius 2 is 1.80 bits per heavy atom. The van der Waals surface area contributed by atoms with Crippen molar-refractivity contribution in [3.8, 4) is 11.5 Å². The molecule has 1 fully saturated rings. The maximum atomic E-state index is 9.99. The Balaban J connectivity index is 2.40. The van der Waals surface area contributed by atoms with Gasteiger partial charge >= 0.3 is 0 Å². The zero-order valence-corrected chi connectivity index (χ0v) is 12.3. The van der Waals surface area contributed by atoms with Crippen molar-refractivity contribution >= 4 is 5.69 Å². The average Bonchev–Trinajstić information content (AvgIpc) is 2.53. The predicted molar refractivity (Wildman–Crippen MR) is 79.6 cm³/mol. The zero-order chi connectivity index (χ0) is 14.5. The number of hydrogen-bond acceptors (Lipinski definition) is 5. The average molecular weight is 280 g/mol. The lowest BCUT2D eigenvalue weighted by Gasteiger charge is -2.31. The van der Waals surface area contributed by atoms with Crippen LogP contribution in [0.3, 0.4) is 0 Å². The van der Waals surface area contributed by atoms with E-state index in [1.54, 1.807) is 14.2 Å². The van der Waals surface area contributed by atoms with Gasteiger partial charge in [-0.2, -0.15) is 0 Å². The first-order valence-electron chi connectivity index (χ1n) is 7.10. The third kappa shape index (κ3) is 2.99. The zero-order valence-electron chi connectivity index (χ0n) is 12.3. The highest BCUT2D eigenvalue weighted by Crippen LogP contribution is 2.38. The summed E-state index contributed by atoms with van der Waals surface area (Å²) in [7, 11) is 3.25. The number of anilines is 1. The fourth-order valence-electron chi connectivity index (χ4n) is 2.67. The molecule has 5 heteroatoms. The summed E-state index contributed by atoms with van der Waals surface area (Å²) >= 11 is 0. The van der Waals surface area contributed by atoms with Crippen molar-refractivity contribution in [2.45, 2.75) is 25.4 Å². The van der Waals surface area contributed by atoms with Gasteiger partial charge in [-0.1, -0.05) is 0 Å². The highest BCUT2D eigenvalue weighted by molar-refractivity contribution is 5.64. The number of aliphatic hydroxyl groups is 1. The van der Waals surface area contributed by atoms with Crippen LogP contribution in [0.25, 0.3) is 0 Å². The summed E-state index contributed by atoms with van der Waals surface area (Å²) in [5.41, 5.74) is 7.24. The molecule has 3 N–H and O–H groups in total. The van der Waals surface area contributed by atoms with E-state index in [1.165, 1.54) is 19.3 Å². The second kappa shape index (κ2) is 6.81. The van der Waals surface area contributed by atoms with E-state index >= 15 is 0 Å². The highest BCUT2D eigenvalue weighted by Gasteiger charge is 2.21. The minimum Gasteiger partial charge on any atom is -0.496 e. The normalized spacial score (nSPS) is 16.9. The number of rotatable bonds is 5. The summed E-state index contributed by atoms with van der Waals surface area (Å²) in [6, 6.07) is 3.78. The molecule has 1 heterocycles. The minimum atomic E-state index is -0.741. The molecule has 5 nitrogen and oxygen atoms in total. The quantitative estimate of drug-likeness (QED) is 0.859. The summed E-state index contributed by atoms with van der Waals surface area (Å²) in [5, 5.41) is 9.99. The van der Waals surface area contributed by atoms with Gasteiger partial charge < -0.3 is 25.2 Å². The van der Waals surface area contributed by atoms with Crippen LogP contribution in [0.15, 0.2) is 12.1 Å². The van der Waals surface area contributed by atoms with E-state index in [4.69, 9.17) is 15.2 Å². The first kappa shape index (κ1) is 14.9. The Labute approximate surface area is 120 Å². The van der Waals surface area contributed by atoms with Gasteiger partial charge in [-0.05, 0) is 25.3 Å². The Hall–Kier alpha value is -1.46. The lowest BCUT2D eigenvalue weighted by atomic mass is 10.0. The summed E-state index contributed by atoms with van der Waals surface area (Å²) in [6.45, 7) is 2.21. The van der Waals surface area contributed by atoms with Crippen molar-refractivity contribution in [1.82, 2.24) is 0 Å². The van der Waals surface area contributed by atoms with Crippen molar-refractivity contribution < 1.29 is 14.6 Å². The van der Waals surface area contributed by atoms with Crippen LogP contribution < -0.4 is 20.1 Å². The minimum absolute atomic E-state index is 0.155. The summed E-state index contributed by atoms with van der Waals surface area (Å²) < 4.78 is 10.9. The molecular formula is C15H24N2O3. The van der Waals surface area contributed by atoms with Crippen LogP contribution in [-0.2, 0) is 0 Å². The number of nitrogens with two attached hydrogens (primary N) is 1. The van der Waals surface area contributed by atoms with Crippen molar-refractivity contribution in [3.63, 3.8) is 0 Å². The largest absolute Gasteiger partial charge is 0.496 e. The molecule has 0 amide bonds. The molecule has 1 aliphatic heterocycles. The van der Waals surface area contributed by atoms with Crippen LogP contribution in [0.2, 0.25) is 0 Å². The van der Waals surface area contributed by atoms with Gasteiger partial charge in [-0.3, -0.25) is 0 Å². The molecule has 1 unspecified atom stereocenters.